The van der Waals surface area contributed by atoms with Crippen LogP contribution in [-0.2, 0) is 0 Å². The molecule has 0 spiro atoms. The molecule has 4 heteroatoms. The van der Waals surface area contributed by atoms with Crippen LogP contribution >= 0.6 is 0 Å². The van der Waals surface area contributed by atoms with Crippen molar-refractivity contribution in [2.75, 3.05) is 46.9 Å². The fourth-order valence-electron chi connectivity index (χ4n) is 2.67. The van der Waals surface area contributed by atoms with Crippen molar-refractivity contribution in [3.8, 4) is 0 Å². The predicted molar refractivity (Wildman–Crippen MR) is 81.6 cm³/mol. The van der Waals surface area contributed by atoms with Gasteiger partial charge in [-0.15, -0.1) is 0 Å². The summed E-state index contributed by atoms with van der Waals surface area (Å²) >= 11 is 0. The summed E-state index contributed by atoms with van der Waals surface area (Å²) in [6, 6.07) is 0. The normalized spacial score (nSPS) is 24.3. The van der Waals surface area contributed by atoms with Crippen molar-refractivity contribution in [3.63, 3.8) is 0 Å². The van der Waals surface area contributed by atoms with Gasteiger partial charge < -0.3 is 15.3 Å². The summed E-state index contributed by atoms with van der Waals surface area (Å²) in [6.45, 7) is 11.6. The molecule has 0 amide bonds. The summed E-state index contributed by atoms with van der Waals surface area (Å²) in [4.78, 5) is 5.03. The molecule has 0 aliphatic carbocycles. The number of nitrogens with zero attached hydrogens (tertiary/aromatic N) is 2. The van der Waals surface area contributed by atoms with Crippen LogP contribution < -0.4 is 5.32 Å². The molecular weight excluding hydrogens is 238 g/mol. The Morgan fingerprint density at radius 1 is 1.26 bits per heavy atom. The van der Waals surface area contributed by atoms with Gasteiger partial charge in [0.25, 0.3) is 0 Å². The zero-order chi connectivity index (χ0) is 14.5. The molecule has 0 aromatic rings. The minimum Gasteiger partial charge on any atom is -0.394 e. The summed E-state index contributed by atoms with van der Waals surface area (Å²) < 4.78 is 0. The molecule has 1 heterocycles. The summed E-state index contributed by atoms with van der Waals surface area (Å²) in [5, 5.41) is 12.6. The van der Waals surface area contributed by atoms with Crippen molar-refractivity contribution in [1.29, 1.82) is 0 Å². The van der Waals surface area contributed by atoms with Crippen molar-refractivity contribution < 1.29 is 5.11 Å². The second kappa shape index (κ2) is 7.02. The molecule has 114 valence electrons. The molecule has 1 saturated heterocycles. The van der Waals surface area contributed by atoms with Crippen molar-refractivity contribution >= 4 is 0 Å². The van der Waals surface area contributed by atoms with Gasteiger partial charge in [0, 0.05) is 30.7 Å². The molecule has 0 radical (unpaired) electrons. The molecule has 2 N–H and O–H groups in total. The van der Waals surface area contributed by atoms with E-state index in [-0.39, 0.29) is 12.1 Å². The monoisotopic (exact) mass is 271 g/mol. The van der Waals surface area contributed by atoms with E-state index >= 15 is 0 Å². The second-order valence-electron chi connectivity index (χ2n) is 6.94. The molecule has 0 bridgehead atoms. The van der Waals surface area contributed by atoms with Gasteiger partial charge in [-0.25, -0.2) is 0 Å². The molecule has 0 saturated carbocycles. The average molecular weight is 271 g/mol. The Labute approximate surface area is 119 Å². The van der Waals surface area contributed by atoms with Gasteiger partial charge in [0.1, 0.15) is 0 Å². The predicted octanol–water partition coefficient (Wildman–Crippen LogP) is 1.15. The maximum Gasteiger partial charge on any atom is 0.0610 e. The van der Waals surface area contributed by atoms with E-state index in [0.29, 0.717) is 5.54 Å². The van der Waals surface area contributed by atoms with Crippen molar-refractivity contribution in [2.24, 2.45) is 0 Å². The van der Waals surface area contributed by atoms with Gasteiger partial charge >= 0.3 is 0 Å². The molecule has 1 aliphatic heterocycles. The molecule has 19 heavy (non-hydrogen) atoms. The van der Waals surface area contributed by atoms with E-state index in [2.05, 4.69) is 42.9 Å². The van der Waals surface area contributed by atoms with Crippen LogP contribution in [0.25, 0.3) is 0 Å². The average Bonchev–Trinajstić information content (AvgIpc) is 2.38. The maximum absolute atomic E-state index is 9.35. The Hall–Kier alpha value is -0.160. The van der Waals surface area contributed by atoms with E-state index in [1.807, 2.05) is 7.05 Å². The molecule has 4 nitrogen and oxygen atoms in total. The number of unbranched alkanes of at least 4 members (excludes halogenated alkanes) is 1. The van der Waals surface area contributed by atoms with Crippen LogP contribution in [0.3, 0.4) is 0 Å². The van der Waals surface area contributed by atoms with Gasteiger partial charge in [0.15, 0.2) is 0 Å². The third-order valence-electron chi connectivity index (χ3n) is 4.80. The number of aliphatic hydroxyl groups is 1. The van der Waals surface area contributed by atoms with Crippen LogP contribution in [0.2, 0.25) is 0 Å². The molecule has 1 fully saturated rings. The van der Waals surface area contributed by atoms with Crippen molar-refractivity contribution in [1.82, 2.24) is 15.1 Å². The zero-order valence-corrected chi connectivity index (χ0v) is 13.5. The minimum absolute atomic E-state index is 0.110. The smallest absolute Gasteiger partial charge is 0.0610 e. The highest BCUT2D eigenvalue weighted by molar-refractivity contribution is 4.88. The summed E-state index contributed by atoms with van der Waals surface area (Å²) in [7, 11) is 4.15. The number of nitrogens with one attached hydrogen (secondary N) is 1. The van der Waals surface area contributed by atoms with E-state index in [4.69, 9.17) is 0 Å². The molecule has 1 unspecified atom stereocenters. The third kappa shape index (κ3) is 5.03. The number of piperazine rings is 1. The van der Waals surface area contributed by atoms with Crippen LogP contribution in [0.15, 0.2) is 0 Å². The molecular formula is C15H33N3O. The quantitative estimate of drug-likeness (QED) is 0.682. The van der Waals surface area contributed by atoms with Crippen LogP contribution in [0.4, 0.5) is 0 Å². The first-order valence-electron chi connectivity index (χ1n) is 7.56. The van der Waals surface area contributed by atoms with Gasteiger partial charge in [0.2, 0.25) is 0 Å². The van der Waals surface area contributed by atoms with Crippen LogP contribution in [-0.4, -0.2) is 72.9 Å². The number of likely N-dealkylation sites (N-methyl/N-ethyl adjacent to an activating group) is 2. The fraction of sp³-hybridized carbons (Fsp3) is 1.00. The van der Waals surface area contributed by atoms with Gasteiger partial charge in [-0.05, 0) is 54.3 Å². The topological polar surface area (TPSA) is 38.7 Å². The van der Waals surface area contributed by atoms with Crippen LogP contribution in [0.5, 0.6) is 0 Å². The first kappa shape index (κ1) is 16.9. The Kier molecular flexibility index (Phi) is 6.24. The van der Waals surface area contributed by atoms with E-state index < -0.39 is 0 Å². The Morgan fingerprint density at radius 2 is 1.95 bits per heavy atom. The largest absolute Gasteiger partial charge is 0.394 e. The first-order chi connectivity index (χ1) is 8.83. The van der Waals surface area contributed by atoms with Crippen LogP contribution in [0.1, 0.15) is 40.0 Å². The lowest BCUT2D eigenvalue weighted by Crippen LogP contribution is -2.57. The standard InChI is InChI=1S/C15H33N3O/c1-14(2)12-18(11-10-17(14)5)9-7-6-8-15(3,13-19)16-4/h16,19H,6-13H2,1-5H3. The van der Waals surface area contributed by atoms with E-state index in [9.17, 15) is 5.11 Å². The zero-order valence-electron chi connectivity index (χ0n) is 13.5. The number of hydrogen-bond acceptors (Lipinski definition) is 4. The molecule has 1 atom stereocenters. The van der Waals surface area contributed by atoms with E-state index in [1.165, 1.54) is 25.9 Å². The summed E-state index contributed by atoms with van der Waals surface area (Å²) in [5.74, 6) is 0. The van der Waals surface area contributed by atoms with Gasteiger partial charge in [0.05, 0.1) is 6.61 Å². The molecule has 0 aromatic carbocycles. The van der Waals surface area contributed by atoms with E-state index in [0.717, 1.165) is 19.5 Å². The fourth-order valence-corrected chi connectivity index (χ4v) is 2.67. The highest BCUT2D eigenvalue weighted by atomic mass is 16.3. The second-order valence-corrected chi connectivity index (χ2v) is 6.94. The lowest BCUT2D eigenvalue weighted by atomic mass is 9.95. The van der Waals surface area contributed by atoms with Gasteiger partial charge in [-0.2, -0.15) is 0 Å². The summed E-state index contributed by atoms with van der Waals surface area (Å²) in [5.41, 5.74) is 0.185. The lowest BCUT2D eigenvalue weighted by molar-refractivity contribution is 0.0388. The Bertz CT molecular complexity index is 264. The third-order valence-corrected chi connectivity index (χ3v) is 4.80. The molecule has 1 rings (SSSR count). The van der Waals surface area contributed by atoms with E-state index in [1.54, 1.807) is 0 Å². The van der Waals surface area contributed by atoms with Gasteiger partial charge in [-0.3, -0.25) is 4.90 Å². The SMILES string of the molecule is CNC(C)(CO)CCCCN1CCN(C)C(C)(C)C1. The molecule has 1 aliphatic rings. The minimum atomic E-state index is -0.110. The number of hydrogen-bond donors (Lipinski definition) is 2. The Morgan fingerprint density at radius 3 is 2.47 bits per heavy atom. The van der Waals surface area contributed by atoms with Crippen molar-refractivity contribution in [2.45, 2.75) is 51.1 Å². The first-order valence-corrected chi connectivity index (χ1v) is 7.56. The highest BCUT2D eigenvalue weighted by Crippen LogP contribution is 2.19. The maximum atomic E-state index is 9.35. The number of aliphatic hydroxyl groups excluding tert-OH is 1. The Balaban J connectivity index is 2.24. The van der Waals surface area contributed by atoms with Crippen LogP contribution in [0, 0.1) is 0 Å². The summed E-state index contributed by atoms with van der Waals surface area (Å²) in [6.07, 6.45) is 3.43. The van der Waals surface area contributed by atoms with Crippen molar-refractivity contribution in [3.05, 3.63) is 0 Å². The highest BCUT2D eigenvalue weighted by Gasteiger charge is 2.30. The lowest BCUT2D eigenvalue weighted by Gasteiger charge is -2.45. The molecule has 0 aromatic heterocycles. The number of rotatable bonds is 7. The van der Waals surface area contributed by atoms with Gasteiger partial charge in [-0.1, -0.05) is 6.42 Å².